The molecule has 4 rings (SSSR count). The molecule has 1 spiro atoms. The van der Waals surface area contributed by atoms with Crippen LogP contribution in [0.5, 0.6) is 0 Å². The number of ether oxygens (including phenoxy) is 2. The van der Waals surface area contributed by atoms with E-state index in [1.54, 1.807) is 0 Å². The fourth-order valence-corrected chi connectivity index (χ4v) is 4.17. The molecule has 1 aromatic rings. The second kappa shape index (κ2) is 4.93. The molecule has 2 saturated heterocycles. The Balaban J connectivity index is 1.67. The summed E-state index contributed by atoms with van der Waals surface area (Å²) in [5, 5.41) is 0. The normalized spacial score (nSPS) is 35.5. The van der Waals surface area contributed by atoms with Crippen LogP contribution in [0, 0.1) is 11.8 Å². The van der Waals surface area contributed by atoms with Crippen LogP contribution in [0.1, 0.15) is 18.5 Å². The molecule has 2 bridgehead atoms. The van der Waals surface area contributed by atoms with Crippen LogP contribution in [-0.2, 0) is 19.1 Å². The molecule has 1 amide bonds. The summed E-state index contributed by atoms with van der Waals surface area (Å²) in [7, 11) is 1.36. The lowest BCUT2D eigenvalue weighted by molar-refractivity contribution is -0.151. The van der Waals surface area contributed by atoms with Crippen LogP contribution in [-0.4, -0.2) is 42.1 Å². The number of likely N-dealkylation sites (tertiary alicyclic amines) is 1. The molecule has 23 heavy (non-hydrogen) atoms. The molecule has 120 valence electrons. The first-order valence-corrected chi connectivity index (χ1v) is 7.88. The van der Waals surface area contributed by atoms with Crippen molar-refractivity contribution >= 4 is 11.9 Å². The van der Waals surface area contributed by atoms with Crippen molar-refractivity contribution < 1.29 is 19.1 Å². The summed E-state index contributed by atoms with van der Waals surface area (Å²) in [5.74, 6) is -1.40. The van der Waals surface area contributed by atoms with Gasteiger partial charge < -0.3 is 14.4 Å². The standard InChI is InChI=1S/C18H19NO4/c1-11(12-6-4-3-5-7-12)19-10-18-9-8-13(23-18)14(17(21)22-2)15(18)16(19)20/h3-9,11,13-15H,10H2,1-2H3/t11?,13-,14-,15+,18-/m0/s1. The van der Waals surface area contributed by atoms with E-state index in [-0.39, 0.29) is 24.0 Å². The predicted octanol–water partition coefficient (Wildman–Crippen LogP) is 1.70. The molecule has 0 saturated carbocycles. The maximum absolute atomic E-state index is 13.0. The van der Waals surface area contributed by atoms with Gasteiger partial charge in [-0.15, -0.1) is 0 Å². The molecule has 0 N–H and O–H groups in total. The van der Waals surface area contributed by atoms with Gasteiger partial charge in [-0.2, -0.15) is 0 Å². The van der Waals surface area contributed by atoms with Crippen LogP contribution in [0.25, 0.3) is 0 Å². The Morgan fingerprint density at radius 1 is 1.39 bits per heavy atom. The first kappa shape index (κ1) is 14.5. The molecule has 0 aliphatic carbocycles. The Bertz CT molecular complexity index is 686. The summed E-state index contributed by atoms with van der Waals surface area (Å²) in [6.07, 6.45) is 3.50. The lowest BCUT2D eigenvalue weighted by Gasteiger charge is -2.27. The van der Waals surface area contributed by atoms with Gasteiger partial charge in [0.1, 0.15) is 11.5 Å². The van der Waals surface area contributed by atoms with Crippen LogP contribution in [0.15, 0.2) is 42.5 Å². The number of carbonyl (C=O) groups is 2. The van der Waals surface area contributed by atoms with Crippen molar-refractivity contribution in [3.05, 3.63) is 48.0 Å². The largest absolute Gasteiger partial charge is 0.469 e. The Hall–Kier alpha value is -2.14. The van der Waals surface area contributed by atoms with Gasteiger partial charge in [-0.1, -0.05) is 42.5 Å². The molecule has 5 atom stereocenters. The Kier molecular flexibility index (Phi) is 3.10. The molecule has 0 aromatic heterocycles. The Labute approximate surface area is 134 Å². The van der Waals surface area contributed by atoms with E-state index < -0.39 is 17.4 Å². The third-order valence-electron chi connectivity index (χ3n) is 5.35. The fourth-order valence-electron chi connectivity index (χ4n) is 4.17. The molecule has 5 nitrogen and oxygen atoms in total. The van der Waals surface area contributed by atoms with Crippen LogP contribution in [0.4, 0.5) is 0 Å². The highest BCUT2D eigenvalue weighted by molar-refractivity contribution is 5.91. The smallest absolute Gasteiger partial charge is 0.312 e. The van der Waals surface area contributed by atoms with Gasteiger partial charge in [-0.05, 0) is 12.5 Å². The first-order chi connectivity index (χ1) is 11.1. The third-order valence-corrected chi connectivity index (χ3v) is 5.35. The topological polar surface area (TPSA) is 55.8 Å². The Morgan fingerprint density at radius 2 is 2.13 bits per heavy atom. The number of hydrogen-bond acceptors (Lipinski definition) is 4. The average Bonchev–Trinajstić information content (AvgIpc) is 3.22. The van der Waals surface area contributed by atoms with E-state index in [1.807, 2.05) is 54.3 Å². The zero-order valence-electron chi connectivity index (χ0n) is 13.1. The van der Waals surface area contributed by atoms with Crippen LogP contribution < -0.4 is 0 Å². The second-order valence-corrected chi connectivity index (χ2v) is 6.48. The SMILES string of the molecule is COC(=O)[C@H]1[C@@H]2C=C[C@@]3(CN(C(C)c4ccccc4)C(=O)[C@@H]13)O2. The maximum Gasteiger partial charge on any atom is 0.312 e. The van der Waals surface area contributed by atoms with Gasteiger partial charge in [0.05, 0.1) is 31.7 Å². The summed E-state index contributed by atoms with van der Waals surface area (Å²) >= 11 is 0. The predicted molar refractivity (Wildman–Crippen MR) is 82.3 cm³/mol. The maximum atomic E-state index is 13.0. The number of hydrogen-bond donors (Lipinski definition) is 0. The van der Waals surface area contributed by atoms with Gasteiger partial charge in [-0.3, -0.25) is 9.59 Å². The number of nitrogens with zero attached hydrogens (tertiary/aromatic N) is 1. The molecule has 2 fully saturated rings. The van der Waals surface area contributed by atoms with E-state index in [9.17, 15) is 9.59 Å². The van der Waals surface area contributed by atoms with E-state index in [4.69, 9.17) is 9.47 Å². The fraction of sp³-hybridized carbons (Fsp3) is 0.444. The zero-order chi connectivity index (χ0) is 16.2. The van der Waals surface area contributed by atoms with Gasteiger partial charge >= 0.3 is 5.97 Å². The van der Waals surface area contributed by atoms with Crippen LogP contribution in [0.2, 0.25) is 0 Å². The summed E-state index contributed by atoms with van der Waals surface area (Å²) in [6.45, 7) is 2.49. The average molecular weight is 313 g/mol. The minimum atomic E-state index is -0.677. The number of rotatable bonds is 3. The highest BCUT2D eigenvalue weighted by Gasteiger charge is 2.67. The van der Waals surface area contributed by atoms with Gasteiger partial charge in [0, 0.05) is 0 Å². The number of benzene rings is 1. The summed E-state index contributed by atoms with van der Waals surface area (Å²) < 4.78 is 10.9. The second-order valence-electron chi connectivity index (χ2n) is 6.48. The van der Waals surface area contributed by atoms with E-state index in [2.05, 4.69) is 0 Å². The highest BCUT2D eigenvalue weighted by atomic mass is 16.5. The van der Waals surface area contributed by atoms with Gasteiger partial charge in [0.2, 0.25) is 5.91 Å². The zero-order valence-corrected chi connectivity index (χ0v) is 13.1. The monoisotopic (exact) mass is 313 g/mol. The summed E-state index contributed by atoms with van der Waals surface area (Å²) in [5.41, 5.74) is 0.397. The van der Waals surface area contributed by atoms with Crippen molar-refractivity contribution in [3.8, 4) is 0 Å². The quantitative estimate of drug-likeness (QED) is 0.629. The van der Waals surface area contributed by atoms with Gasteiger partial charge in [-0.25, -0.2) is 0 Å². The number of fused-ring (bicyclic) bond motifs is 1. The van der Waals surface area contributed by atoms with E-state index in [0.29, 0.717) is 6.54 Å². The van der Waals surface area contributed by atoms with Gasteiger partial charge in [0.25, 0.3) is 0 Å². The molecule has 3 heterocycles. The minimum Gasteiger partial charge on any atom is -0.469 e. The molecule has 3 aliphatic heterocycles. The molecule has 5 heteroatoms. The molecule has 1 unspecified atom stereocenters. The number of esters is 1. The molecule has 3 aliphatic rings. The molecular weight excluding hydrogens is 294 g/mol. The number of carbonyl (C=O) groups excluding carboxylic acids is 2. The van der Waals surface area contributed by atoms with Crippen molar-refractivity contribution in [1.82, 2.24) is 4.90 Å². The highest BCUT2D eigenvalue weighted by Crippen LogP contribution is 2.53. The lowest BCUT2D eigenvalue weighted by Crippen LogP contribution is -2.39. The van der Waals surface area contributed by atoms with Gasteiger partial charge in [0.15, 0.2) is 0 Å². The first-order valence-electron chi connectivity index (χ1n) is 7.88. The summed E-state index contributed by atoms with van der Waals surface area (Å²) in [6, 6.07) is 9.84. The van der Waals surface area contributed by atoms with E-state index in [0.717, 1.165) is 5.56 Å². The van der Waals surface area contributed by atoms with Crippen LogP contribution >= 0.6 is 0 Å². The Morgan fingerprint density at radius 3 is 2.83 bits per heavy atom. The van der Waals surface area contributed by atoms with Crippen molar-refractivity contribution in [2.24, 2.45) is 11.8 Å². The van der Waals surface area contributed by atoms with Crippen molar-refractivity contribution in [2.75, 3.05) is 13.7 Å². The number of methoxy groups -OCH3 is 1. The van der Waals surface area contributed by atoms with E-state index >= 15 is 0 Å². The lowest BCUT2D eigenvalue weighted by atomic mass is 9.77. The van der Waals surface area contributed by atoms with E-state index in [1.165, 1.54) is 7.11 Å². The van der Waals surface area contributed by atoms with Crippen molar-refractivity contribution in [1.29, 1.82) is 0 Å². The molecule has 1 aromatic carbocycles. The van der Waals surface area contributed by atoms with Crippen LogP contribution in [0.3, 0.4) is 0 Å². The van der Waals surface area contributed by atoms with Crippen molar-refractivity contribution in [3.63, 3.8) is 0 Å². The molecular formula is C18H19NO4. The summed E-state index contributed by atoms with van der Waals surface area (Å²) in [4.78, 5) is 27.0. The number of amides is 1. The van der Waals surface area contributed by atoms with Crippen molar-refractivity contribution in [2.45, 2.75) is 24.7 Å². The molecule has 0 radical (unpaired) electrons. The third kappa shape index (κ3) is 1.89. The minimum absolute atomic E-state index is 0.0244.